The van der Waals surface area contributed by atoms with Crippen molar-refractivity contribution in [3.05, 3.63) is 64.3 Å². The molecule has 9 nitrogen and oxygen atoms in total. The number of pyridine rings is 1. The Bertz CT molecular complexity index is 1210. The minimum atomic E-state index is -0.114. The largest absolute Gasteiger partial charge is 0.357 e. The fourth-order valence-corrected chi connectivity index (χ4v) is 4.77. The molecule has 9 heteroatoms. The summed E-state index contributed by atoms with van der Waals surface area (Å²) in [5, 5.41) is 3.62. The number of piperazine rings is 1. The van der Waals surface area contributed by atoms with Crippen molar-refractivity contribution in [1.29, 1.82) is 0 Å². The van der Waals surface area contributed by atoms with Crippen LogP contribution in [-0.4, -0.2) is 70.1 Å². The summed E-state index contributed by atoms with van der Waals surface area (Å²) in [6.45, 7) is 8.17. The Morgan fingerprint density at radius 1 is 1.06 bits per heavy atom. The number of nitrogens with zero attached hydrogens (tertiary/aromatic N) is 5. The Morgan fingerprint density at radius 3 is 2.57 bits per heavy atom. The predicted molar refractivity (Wildman–Crippen MR) is 136 cm³/mol. The summed E-state index contributed by atoms with van der Waals surface area (Å²) in [7, 11) is 0. The first-order chi connectivity index (χ1) is 17.0. The highest BCUT2D eigenvalue weighted by Crippen LogP contribution is 2.21. The summed E-state index contributed by atoms with van der Waals surface area (Å²) in [5.41, 5.74) is 1.59. The number of piperidine rings is 1. The number of anilines is 1. The number of aromatic nitrogens is 3. The highest BCUT2D eigenvalue weighted by atomic mass is 16.2. The number of nitrogens with one attached hydrogen (secondary N) is 2. The lowest BCUT2D eigenvalue weighted by Gasteiger charge is -2.34. The second-order valence-electron chi connectivity index (χ2n) is 9.65. The minimum Gasteiger partial charge on any atom is -0.357 e. The molecule has 184 valence electrons. The van der Waals surface area contributed by atoms with Crippen molar-refractivity contribution in [2.45, 2.75) is 32.9 Å². The molecule has 5 rings (SSSR count). The molecule has 0 unspecified atom stereocenters. The van der Waals surface area contributed by atoms with Crippen LogP contribution >= 0.6 is 0 Å². The third kappa shape index (κ3) is 5.62. The lowest BCUT2D eigenvalue weighted by Crippen LogP contribution is -2.51. The van der Waals surface area contributed by atoms with Gasteiger partial charge >= 0.3 is 6.03 Å². The molecule has 1 aromatic carbocycles. The molecule has 2 aliphatic heterocycles. The summed E-state index contributed by atoms with van der Waals surface area (Å²) in [6.07, 6.45) is 4.29. The molecule has 0 atom stereocenters. The van der Waals surface area contributed by atoms with Crippen LogP contribution in [0, 0.1) is 5.92 Å². The van der Waals surface area contributed by atoms with Crippen LogP contribution in [0.5, 0.6) is 0 Å². The second-order valence-corrected chi connectivity index (χ2v) is 9.65. The lowest BCUT2D eigenvalue weighted by molar-refractivity contribution is 0.133. The zero-order chi connectivity index (χ0) is 24.2. The van der Waals surface area contributed by atoms with Gasteiger partial charge in [0.1, 0.15) is 11.6 Å². The number of urea groups is 1. The second kappa shape index (κ2) is 10.4. The molecule has 0 bridgehead atoms. The van der Waals surface area contributed by atoms with Crippen LogP contribution in [0.3, 0.4) is 0 Å². The molecule has 0 spiro atoms. The molecule has 2 N–H and O–H groups in total. The molecule has 0 radical (unpaired) electrons. The number of carbonyl (C=O) groups is 1. The van der Waals surface area contributed by atoms with E-state index in [1.165, 1.54) is 12.8 Å². The van der Waals surface area contributed by atoms with Gasteiger partial charge < -0.3 is 20.1 Å². The van der Waals surface area contributed by atoms with E-state index in [1.807, 2.05) is 29.3 Å². The van der Waals surface area contributed by atoms with Gasteiger partial charge in [-0.05, 0) is 42.5 Å². The summed E-state index contributed by atoms with van der Waals surface area (Å²) in [4.78, 5) is 43.5. The van der Waals surface area contributed by atoms with Crippen molar-refractivity contribution in [1.82, 2.24) is 30.1 Å². The molecule has 0 aliphatic carbocycles. The number of hydrogen-bond donors (Lipinski definition) is 2. The molecule has 35 heavy (non-hydrogen) atoms. The van der Waals surface area contributed by atoms with E-state index in [0.29, 0.717) is 42.9 Å². The molecule has 2 aromatic heterocycles. The Balaban J connectivity index is 1.08. The fraction of sp³-hybridized carbons (Fsp3) is 0.462. The third-order valence-corrected chi connectivity index (χ3v) is 7.06. The van der Waals surface area contributed by atoms with Crippen LogP contribution in [0.2, 0.25) is 0 Å². The van der Waals surface area contributed by atoms with Crippen LogP contribution < -0.4 is 15.8 Å². The Kier molecular flexibility index (Phi) is 6.94. The van der Waals surface area contributed by atoms with Crippen LogP contribution in [0.4, 0.5) is 10.6 Å². The van der Waals surface area contributed by atoms with Gasteiger partial charge in [-0.25, -0.2) is 14.8 Å². The van der Waals surface area contributed by atoms with Crippen LogP contribution in [0.25, 0.3) is 10.9 Å². The van der Waals surface area contributed by atoms with Gasteiger partial charge in [-0.3, -0.25) is 9.69 Å². The Labute approximate surface area is 205 Å². The smallest absolute Gasteiger partial charge is 0.317 e. The van der Waals surface area contributed by atoms with Gasteiger partial charge in [-0.2, -0.15) is 0 Å². The van der Waals surface area contributed by atoms with Crippen LogP contribution in [0.15, 0.2) is 47.4 Å². The van der Waals surface area contributed by atoms with Crippen molar-refractivity contribution in [2.75, 3.05) is 44.2 Å². The molecular formula is C26H33N7O2. The fourth-order valence-electron chi connectivity index (χ4n) is 4.77. The maximum Gasteiger partial charge on any atom is 0.317 e. The SMILES string of the molecule is CC1CCN(c2ccc(CNC(=O)N3CCN(Cc4nc5ccccc5c(=O)[nH]4)CC3)cn2)CC1. The number of amides is 2. The van der Waals surface area contributed by atoms with Gasteiger partial charge in [0.25, 0.3) is 5.56 Å². The van der Waals surface area contributed by atoms with E-state index in [4.69, 9.17) is 0 Å². The van der Waals surface area contributed by atoms with E-state index in [2.05, 4.69) is 49.1 Å². The van der Waals surface area contributed by atoms with E-state index in [0.717, 1.165) is 43.5 Å². The van der Waals surface area contributed by atoms with Crippen molar-refractivity contribution < 1.29 is 4.79 Å². The average Bonchev–Trinajstić information content (AvgIpc) is 2.89. The average molecular weight is 476 g/mol. The zero-order valence-electron chi connectivity index (χ0n) is 20.2. The van der Waals surface area contributed by atoms with Crippen LogP contribution in [-0.2, 0) is 13.1 Å². The highest BCUT2D eigenvalue weighted by molar-refractivity contribution is 5.77. The highest BCUT2D eigenvalue weighted by Gasteiger charge is 2.22. The predicted octanol–water partition coefficient (Wildman–Crippen LogP) is 2.58. The lowest BCUT2D eigenvalue weighted by atomic mass is 9.99. The first-order valence-electron chi connectivity index (χ1n) is 12.5. The van der Waals surface area contributed by atoms with E-state index < -0.39 is 0 Å². The standard InChI is InChI=1S/C26H33N7O2/c1-19-8-10-32(11-9-19)24-7-6-20(16-27-24)17-28-26(35)33-14-12-31(13-15-33)18-23-29-22-5-3-2-4-21(22)25(34)30-23/h2-7,16,19H,8-15,17-18H2,1H3,(H,28,35)(H,29,30,34). The molecule has 2 fully saturated rings. The van der Waals surface area contributed by atoms with Crippen molar-refractivity contribution in [3.63, 3.8) is 0 Å². The zero-order valence-corrected chi connectivity index (χ0v) is 20.2. The van der Waals surface area contributed by atoms with E-state index >= 15 is 0 Å². The summed E-state index contributed by atoms with van der Waals surface area (Å²) >= 11 is 0. The maximum atomic E-state index is 12.7. The van der Waals surface area contributed by atoms with E-state index in [1.54, 1.807) is 6.07 Å². The number of hydrogen-bond acceptors (Lipinski definition) is 6. The van der Waals surface area contributed by atoms with Crippen molar-refractivity contribution in [3.8, 4) is 0 Å². The van der Waals surface area contributed by atoms with Gasteiger partial charge in [0.15, 0.2) is 0 Å². The van der Waals surface area contributed by atoms with Gasteiger partial charge in [0.05, 0.1) is 17.4 Å². The molecule has 3 aromatic rings. The number of carbonyl (C=O) groups excluding carboxylic acids is 1. The number of para-hydroxylation sites is 1. The number of H-pyrrole nitrogens is 1. The molecular weight excluding hydrogens is 442 g/mol. The van der Waals surface area contributed by atoms with E-state index in [9.17, 15) is 9.59 Å². The van der Waals surface area contributed by atoms with Gasteiger partial charge in [-0.1, -0.05) is 25.1 Å². The van der Waals surface area contributed by atoms with Crippen molar-refractivity contribution in [2.24, 2.45) is 5.92 Å². The number of benzene rings is 1. The Morgan fingerprint density at radius 2 is 1.83 bits per heavy atom. The van der Waals surface area contributed by atoms with E-state index in [-0.39, 0.29) is 11.6 Å². The van der Waals surface area contributed by atoms with Crippen LogP contribution in [0.1, 0.15) is 31.2 Å². The topological polar surface area (TPSA) is 97.5 Å². The minimum absolute atomic E-state index is 0.0593. The number of aromatic amines is 1. The Hall–Kier alpha value is -3.46. The summed E-state index contributed by atoms with van der Waals surface area (Å²) in [5.74, 6) is 2.47. The first kappa shape index (κ1) is 23.3. The summed E-state index contributed by atoms with van der Waals surface area (Å²) in [6, 6.07) is 11.4. The first-order valence-corrected chi connectivity index (χ1v) is 12.5. The molecule has 2 aliphatic rings. The third-order valence-electron chi connectivity index (χ3n) is 7.06. The monoisotopic (exact) mass is 475 g/mol. The molecule has 2 saturated heterocycles. The number of rotatable bonds is 5. The molecule has 0 saturated carbocycles. The van der Waals surface area contributed by atoms with Crippen molar-refractivity contribution >= 4 is 22.8 Å². The quantitative estimate of drug-likeness (QED) is 0.589. The van der Waals surface area contributed by atoms with Gasteiger partial charge in [0, 0.05) is 52.0 Å². The molecule has 2 amide bonds. The maximum absolute atomic E-state index is 12.7. The molecule has 4 heterocycles. The summed E-state index contributed by atoms with van der Waals surface area (Å²) < 4.78 is 0. The number of fused-ring (bicyclic) bond motifs is 1. The van der Waals surface area contributed by atoms with Gasteiger partial charge in [0.2, 0.25) is 0 Å². The normalized spacial score (nSPS) is 17.6. The van der Waals surface area contributed by atoms with Gasteiger partial charge in [-0.15, -0.1) is 0 Å².